The van der Waals surface area contributed by atoms with Gasteiger partial charge in [0.1, 0.15) is 12.4 Å². The molecule has 0 unspecified atom stereocenters. The molecular formula is C17H15NO3. The Hall–Kier alpha value is -2.77. The quantitative estimate of drug-likeness (QED) is 0.740. The lowest BCUT2D eigenvalue weighted by Gasteiger charge is -2.07. The predicted octanol–water partition coefficient (Wildman–Crippen LogP) is 2.30. The first-order valence-corrected chi connectivity index (χ1v) is 6.41. The van der Waals surface area contributed by atoms with Gasteiger partial charge in [0, 0.05) is 11.3 Å². The number of aryl methyl sites for hydroxylation is 1. The molecule has 2 rings (SSSR count). The second kappa shape index (κ2) is 6.60. The zero-order valence-electron chi connectivity index (χ0n) is 11.6. The van der Waals surface area contributed by atoms with Crippen LogP contribution in [0.5, 0.6) is 5.75 Å². The summed E-state index contributed by atoms with van der Waals surface area (Å²) >= 11 is 0. The molecule has 4 nitrogen and oxygen atoms in total. The van der Waals surface area contributed by atoms with Crippen LogP contribution in [0, 0.1) is 18.8 Å². The fourth-order valence-corrected chi connectivity index (χ4v) is 1.81. The Bertz CT molecular complexity index is 709. The molecule has 0 aliphatic rings. The fourth-order valence-electron chi connectivity index (χ4n) is 1.81. The molecule has 0 aromatic heterocycles. The second-order valence-electron chi connectivity index (χ2n) is 4.51. The lowest BCUT2D eigenvalue weighted by Crippen LogP contribution is -2.12. The average Bonchev–Trinajstić information content (AvgIpc) is 2.46. The zero-order valence-corrected chi connectivity index (χ0v) is 11.6. The van der Waals surface area contributed by atoms with Crippen LogP contribution in [-0.4, -0.2) is 22.7 Å². The number of nitrogens with one attached hydrogen (secondary N) is 1. The number of benzene rings is 2. The van der Waals surface area contributed by atoms with E-state index in [9.17, 15) is 9.90 Å². The number of anilines is 1. The van der Waals surface area contributed by atoms with Crippen LogP contribution in [0.15, 0.2) is 42.5 Å². The molecule has 0 heterocycles. The van der Waals surface area contributed by atoms with Crippen LogP contribution in [0.3, 0.4) is 0 Å². The summed E-state index contributed by atoms with van der Waals surface area (Å²) in [5, 5.41) is 21.1. The molecule has 0 spiro atoms. The van der Waals surface area contributed by atoms with Crippen molar-refractivity contribution in [3.63, 3.8) is 0 Å². The van der Waals surface area contributed by atoms with Crippen LogP contribution in [0.4, 0.5) is 5.69 Å². The number of hydrogen-bond acceptors (Lipinski definition) is 3. The van der Waals surface area contributed by atoms with Gasteiger partial charge in [-0.3, -0.25) is 4.79 Å². The molecule has 2 aromatic rings. The molecule has 0 bridgehead atoms. The van der Waals surface area contributed by atoms with E-state index < -0.39 is 0 Å². The van der Waals surface area contributed by atoms with E-state index >= 15 is 0 Å². The molecule has 0 atom stereocenters. The maximum absolute atomic E-state index is 12.1. The van der Waals surface area contributed by atoms with Gasteiger partial charge in [0.15, 0.2) is 0 Å². The van der Waals surface area contributed by atoms with E-state index in [0.29, 0.717) is 5.69 Å². The number of aliphatic hydroxyl groups is 1. The first kappa shape index (κ1) is 14.6. The summed E-state index contributed by atoms with van der Waals surface area (Å²) in [6.07, 6.45) is 0. The van der Waals surface area contributed by atoms with Crippen molar-refractivity contribution in [2.24, 2.45) is 0 Å². The minimum atomic E-state index is -0.373. The van der Waals surface area contributed by atoms with Crippen LogP contribution < -0.4 is 5.32 Å². The van der Waals surface area contributed by atoms with E-state index in [2.05, 4.69) is 17.2 Å². The van der Waals surface area contributed by atoms with Crippen molar-refractivity contribution in [2.45, 2.75) is 6.92 Å². The number of aliphatic hydroxyl groups excluding tert-OH is 1. The summed E-state index contributed by atoms with van der Waals surface area (Å²) in [6, 6.07) is 11.8. The summed E-state index contributed by atoms with van der Waals surface area (Å²) in [5.41, 5.74) is 2.47. The Kier molecular flexibility index (Phi) is 4.60. The van der Waals surface area contributed by atoms with Gasteiger partial charge in [-0.2, -0.15) is 0 Å². The zero-order chi connectivity index (χ0) is 15.2. The molecule has 106 valence electrons. The lowest BCUT2D eigenvalue weighted by atomic mass is 10.1. The van der Waals surface area contributed by atoms with Crippen molar-refractivity contribution < 1.29 is 15.0 Å². The fraction of sp³-hybridized carbons (Fsp3) is 0.118. The van der Waals surface area contributed by atoms with E-state index in [-0.39, 0.29) is 23.8 Å². The predicted molar refractivity (Wildman–Crippen MR) is 81.2 cm³/mol. The highest BCUT2D eigenvalue weighted by Crippen LogP contribution is 2.20. The van der Waals surface area contributed by atoms with E-state index in [1.54, 1.807) is 42.5 Å². The summed E-state index contributed by atoms with van der Waals surface area (Å²) in [6.45, 7) is 1.65. The molecule has 0 aliphatic heterocycles. The Balaban J connectivity index is 2.12. The van der Waals surface area contributed by atoms with Gasteiger partial charge in [0.2, 0.25) is 0 Å². The third kappa shape index (κ3) is 3.85. The summed E-state index contributed by atoms with van der Waals surface area (Å²) in [5.74, 6) is 4.90. The van der Waals surface area contributed by atoms with Crippen molar-refractivity contribution in [1.29, 1.82) is 0 Å². The molecule has 0 saturated carbocycles. The monoisotopic (exact) mass is 281 g/mol. The lowest BCUT2D eigenvalue weighted by molar-refractivity contribution is 0.102. The number of amides is 1. The minimum absolute atomic E-state index is 0.0436. The molecule has 0 saturated heterocycles. The standard InChI is InChI=1S/C17H15NO3/c1-12-4-9-15(16(20)11-12)17(21)18-14-7-5-13(6-8-14)3-2-10-19/h4-9,11,19-20H,10H2,1H3,(H,18,21). The molecule has 1 amide bonds. The Labute approximate surface area is 123 Å². The van der Waals surface area contributed by atoms with Crippen molar-refractivity contribution >= 4 is 11.6 Å². The Morgan fingerprint density at radius 2 is 1.90 bits per heavy atom. The van der Waals surface area contributed by atoms with Crippen LogP contribution in [0.25, 0.3) is 0 Å². The number of carbonyl (C=O) groups excluding carboxylic acids is 1. The number of phenols is 1. The molecule has 3 N–H and O–H groups in total. The van der Waals surface area contributed by atoms with Crippen LogP contribution in [0.1, 0.15) is 21.5 Å². The second-order valence-corrected chi connectivity index (χ2v) is 4.51. The maximum Gasteiger partial charge on any atom is 0.259 e. The third-order valence-electron chi connectivity index (χ3n) is 2.85. The minimum Gasteiger partial charge on any atom is -0.507 e. The number of aromatic hydroxyl groups is 1. The van der Waals surface area contributed by atoms with Crippen LogP contribution in [-0.2, 0) is 0 Å². The van der Waals surface area contributed by atoms with Gasteiger partial charge < -0.3 is 15.5 Å². The van der Waals surface area contributed by atoms with Gasteiger partial charge in [0.25, 0.3) is 5.91 Å². The van der Waals surface area contributed by atoms with Crippen LogP contribution in [0.2, 0.25) is 0 Å². The number of carbonyl (C=O) groups is 1. The van der Waals surface area contributed by atoms with Crippen molar-refractivity contribution in [2.75, 3.05) is 11.9 Å². The van der Waals surface area contributed by atoms with E-state index in [4.69, 9.17) is 5.11 Å². The van der Waals surface area contributed by atoms with Crippen molar-refractivity contribution in [3.8, 4) is 17.6 Å². The van der Waals surface area contributed by atoms with Gasteiger partial charge in [-0.05, 0) is 48.9 Å². The number of phenolic OH excluding ortho intramolecular Hbond substituents is 1. The number of rotatable bonds is 2. The molecule has 0 radical (unpaired) electrons. The van der Waals surface area contributed by atoms with Crippen LogP contribution >= 0.6 is 0 Å². The van der Waals surface area contributed by atoms with Gasteiger partial charge in [-0.1, -0.05) is 17.9 Å². The highest BCUT2D eigenvalue weighted by molar-refractivity contribution is 6.06. The molecular weight excluding hydrogens is 266 g/mol. The molecule has 4 heteroatoms. The topological polar surface area (TPSA) is 69.6 Å². The van der Waals surface area contributed by atoms with E-state index in [0.717, 1.165) is 11.1 Å². The highest BCUT2D eigenvalue weighted by Gasteiger charge is 2.11. The van der Waals surface area contributed by atoms with Gasteiger partial charge in [-0.25, -0.2) is 0 Å². The third-order valence-corrected chi connectivity index (χ3v) is 2.85. The maximum atomic E-state index is 12.1. The van der Waals surface area contributed by atoms with E-state index in [1.807, 2.05) is 6.92 Å². The molecule has 0 aliphatic carbocycles. The van der Waals surface area contributed by atoms with Gasteiger partial charge >= 0.3 is 0 Å². The largest absolute Gasteiger partial charge is 0.507 e. The molecule has 2 aromatic carbocycles. The summed E-state index contributed by atoms with van der Waals surface area (Å²) < 4.78 is 0. The SMILES string of the molecule is Cc1ccc(C(=O)Nc2ccc(C#CCO)cc2)c(O)c1. The Morgan fingerprint density at radius 1 is 1.19 bits per heavy atom. The smallest absolute Gasteiger partial charge is 0.259 e. The molecule has 21 heavy (non-hydrogen) atoms. The highest BCUT2D eigenvalue weighted by atomic mass is 16.3. The summed E-state index contributed by atoms with van der Waals surface area (Å²) in [4.78, 5) is 12.1. The van der Waals surface area contributed by atoms with E-state index in [1.165, 1.54) is 0 Å². The normalized spacial score (nSPS) is 9.62. The summed E-state index contributed by atoms with van der Waals surface area (Å²) in [7, 11) is 0. The van der Waals surface area contributed by atoms with Crippen molar-refractivity contribution in [3.05, 3.63) is 59.2 Å². The number of hydrogen-bond donors (Lipinski definition) is 3. The van der Waals surface area contributed by atoms with Gasteiger partial charge in [0.05, 0.1) is 5.56 Å². The van der Waals surface area contributed by atoms with Gasteiger partial charge in [-0.15, -0.1) is 0 Å². The first-order valence-electron chi connectivity index (χ1n) is 6.41. The Morgan fingerprint density at radius 3 is 2.52 bits per heavy atom. The average molecular weight is 281 g/mol. The molecule has 0 fully saturated rings. The van der Waals surface area contributed by atoms with Crippen molar-refractivity contribution in [1.82, 2.24) is 0 Å². The first-order chi connectivity index (χ1) is 10.1.